The van der Waals surface area contributed by atoms with Crippen molar-refractivity contribution in [2.24, 2.45) is 23.7 Å². The predicted molar refractivity (Wildman–Crippen MR) is 188 cm³/mol. The fourth-order valence-corrected chi connectivity index (χ4v) is 9.09. The Morgan fingerprint density at radius 2 is 1.53 bits per heavy atom. The van der Waals surface area contributed by atoms with Gasteiger partial charge in [0.05, 0.1) is 34.5 Å². The minimum absolute atomic E-state index is 0.123. The molecule has 0 spiro atoms. The maximum Gasteiger partial charge on any atom is 0.260 e. The average Bonchev–Trinajstić information content (AvgIpc) is 3.48. The van der Waals surface area contributed by atoms with Crippen molar-refractivity contribution in [1.82, 2.24) is 5.01 Å². The molecule has 2 N–H and O–H groups in total. The zero-order valence-electron chi connectivity index (χ0n) is 27.0. The highest BCUT2D eigenvalue weighted by Gasteiger charge is 2.70. The van der Waals surface area contributed by atoms with Crippen molar-refractivity contribution in [2.75, 3.05) is 10.3 Å². The minimum Gasteiger partial charge on any atom is -0.508 e. The van der Waals surface area contributed by atoms with Gasteiger partial charge < -0.3 is 5.11 Å². The normalized spacial score (nSPS) is 27.5. The Labute approximate surface area is 292 Å². The topological polar surface area (TPSA) is 107 Å². The Hall–Kier alpha value is -5.02. The van der Waals surface area contributed by atoms with Crippen molar-refractivity contribution in [3.63, 3.8) is 0 Å². The van der Waals surface area contributed by atoms with E-state index in [1.165, 1.54) is 4.90 Å². The first-order valence-corrected chi connectivity index (χ1v) is 17.3. The number of nitrogens with zero attached hydrogens (tertiary/aromatic N) is 2. The lowest BCUT2D eigenvalue weighted by Crippen LogP contribution is -2.53. The van der Waals surface area contributed by atoms with E-state index in [4.69, 9.17) is 0 Å². The summed E-state index contributed by atoms with van der Waals surface area (Å²) in [6, 6.07) is 29.4. The molecule has 6 atom stereocenters. The standard InChI is InChI=1S/C40H34BrN3O5/c1-22-8-13-27(14-9-22)42-44-37(47)32-21-31-29(17-18-30-34(31)38(48)43(36(30)46)28-15-11-26(41)12-16-28)35(24-10-19-33(45)23(2)20-24)40(32,39(44)49)25-6-4-3-5-7-25/h3-17,19-20,30-32,34-35,42,45H,18,21H2,1-2H3/t30-,31+,32-,34-,35-,40+/m0/s1. The average molecular weight is 717 g/mol. The second kappa shape index (κ2) is 11.6. The minimum atomic E-state index is -1.36. The van der Waals surface area contributed by atoms with Gasteiger partial charge in [0.15, 0.2) is 0 Å². The van der Waals surface area contributed by atoms with Crippen molar-refractivity contribution in [3.05, 3.63) is 135 Å². The number of phenolic OH excluding ortho intramolecular Hbond substituents is 1. The number of amides is 4. The molecule has 0 aromatic heterocycles. The van der Waals surface area contributed by atoms with Crippen LogP contribution in [-0.4, -0.2) is 33.7 Å². The van der Waals surface area contributed by atoms with E-state index in [0.29, 0.717) is 28.9 Å². The molecular weight excluding hydrogens is 682 g/mol. The SMILES string of the molecule is Cc1ccc(NN2C(=O)[C@@H]3C[C@@H]4C(=CC[C@@H]5C(=O)N(c6ccc(Br)cc6)C(=O)[C@@H]54)[C@H](c4ccc(O)c(C)c4)[C@]3(c3ccccc3)C2=O)cc1. The van der Waals surface area contributed by atoms with Gasteiger partial charge in [0.2, 0.25) is 11.8 Å². The molecule has 2 aliphatic carbocycles. The number of allylic oxidation sites excluding steroid dienone is 2. The predicted octanol–water partition coefficient (Wildman–Crippen LogP) is 6.96. The van der Waals surface area contributed by atoms with Crippen LogP contribution in [0.15, 0.2) is 113 Å². The van der Waals surface area contributed by atoms with E-state index in [9.17, 15) is 19.5 Å². The van der Waals surface area contributed by atoms with Gasteiger partial charge in [0.1, 0.15) is 5.75 Å². The van der Waals surface area contributed by atoms with Crippen LogP contribution < -0.4 is 10.3 Å². The molecule has 246 valence electrons. The largest absolute Gasteiger partial charge is 0.508 e. The van der Waals surface area contributed by atoms with Gasteiger partial charge in [-0.2, -0.15) is 5.01 Å². The summed E-state index contributed by atoms with van der Waals surface area (Å²) in [6.45, 7) is 3.77. The van der Waals surface area contributed by atoms with Gasteiger partial charge in [-0.15, -0.1) is 0 Å². The number of halogens is 1. The van der Waals surface area contributed by atoms with E-state index >= 15 is 4.79 Å². The van der Waals surface area contributed by atoms with Gasteiger partial charge in [-0.1, -0.05) is 87.7 Å². The highest BCUT2D eigenvalue weighted by Crippen LogP contribution is 2.64. The molecule has 4 amide bonds. The second-order valence-electron chi connectivity index (χ2n) is 13.6. The summed E-state index contributed by atoms with van der Waals surface area (Å²) >= 11 is 3.44. The number of anilines is 2. The third kappa shape index (κ3) is 4.62. The summed E-state index contributed by atoms with van der Waals surface area (Å²) in [7, 11) is 0. The molecule has 1 saturated carbocycles. The number of hydrogen-bond donors (Lipinski definition) is 2. The summed E-state index contributed by atoms with van der Waals surface area (Å²) in [6.07, 6.45) is 2.60. The lowest BCUT2D eigenvalue weighted by atomic mass is 9.49. The number of aromatic hydroxyl groups is 1. The Balaban J connectivity index is 1.32. The molecule has 49 heavy (non-hydrogen) atoms. The fourth-order valence-electron chi connectivity index (χ4n) is 8.83. The number of aryl methyl sites for hydroxylation is 2. The molecule has 0 radical (unpaired) electrons. The van der Waals surface area contributed by atoms with Crippen LogP contribution in [0, 0.1) is 37.5 Å². The number of hydrazine groups is 1. The van der Waals surface area contributed by atoms with Crippen LogP contribution >= 0.6 is 15.9 Å². The van der Waals surface area contributed by atoms with Gasteiger partial charge in [-0.3, -0.25) is 29.5 Å². The van der Waals surface area contributed by atoms with Gasteiger partial charge in [-0.05, 0) is 91.8 Å². The zero-order valence-corrected chi connectivity index (χ0v) is 28.6. The third-order valence-electron chi connectivity index (χ3n) is 11.0. The molecule has 0 unspecified atom stereocenters. The summed E-state index contributed by atoms with van der Waals surface area (Å²) in [5.41, 5.74) is 6.90. The van der Waals surface area contributed by atoms with Crippen LogP contribution in [-0.2, 0) is 24.6 Å². The highest BCUT2D eigenvalue weighted by molar-refractivity contribution is 9.10. The second-order valence-corrected chi connectivity index (χ2v) is 14.5. The monoisotopic (exact) mass is 715 g/mol. The number of carbonyl (C=O) groups excluding carboxylic acids is 4. The smallest absolute Gasteiger partial charge is 0.260 e. The van der Waals surface area contributed by atoms with E-state index < -0.39 is 35.0 Å². The number of imide groups is 2. The van der Waals surface area contributed by atoms with Crippen molar-refractivity contribution in [3.8, 4) is 5.75 Å². The molecule has 4 aromatic rings. The number of hydrogen-bond acceptors (Lipinski definition) is 6. The van der Waals surface area contributed by atoms with E-state index in [1.807, 2.05) is 79.7 Å². The molecule has 2 saturated heterocycles. The number of carbonyl (C=O) groups is 4. The van der Waals surface area contributed by atoms with Crippen molar-refractivity contribution < 1.29 is 24.3 Å². The van der Waals surface area contributed by atoms with Crippen LogP contribution in [0.1, 0.15) is 41.0 Å². The Kier molecular flexibility index (Phi) is 7.37. The van der Waals surface area contributed by atoms with Crippen LogP contribution in [0.5, 0.6) is 5.75 Å². The number of benzene rings is 4. The summed E-state index contributed by atoms with van der Waals surface area (Å²) in [4.78, 5) is 59.6. The molecule has 9 heteroatoms. The Morgan fingerprint density at radius 1 is 0.816 bits per heavy atom. The first-order valence-electron chi connectivity index (χ1n) is 16.5. The number of rotatable bonds is 5. The van der Waals surface area contributed by atoms with Crippen LogP contribution in [0.2, 0.25) is 0 Å². The summed E-state index contributed by atoms with van der Waals surface area (Å²) in [5.74, 6) is -4.39. The van der Waals surface area contributed by atoms with Crippen molar-refractivity contribution in [1.29, 1.82) is 0 Å². The molecule has 8 nitrogen and oxygen atoms in total. The molecule has 2 aliphatic heterocycles. The first-order chi connectivity index (χ1) is 23.6. The number of fused-ring (bicyclic) bond motifs is 4. The highest BCUT2D eigenvalue weighted by atomic mass is 79.9. The maximum absolute atomic E-state index is 15.2. The lowest BCUT2D eigenvalue weighted by molar-refractivity contribution is -0.138. The molecule has 4 aromatic carbocycles. The first kappa shape index (κ1) is 31.3. The molecular formula is C40H34BrN3O5. The van der Waals surface area contributed by atoms with Crippen LogP contribution in [0.4, 0.5) is 11.4 Å². The Morgan fingerprint density at radius 3 is 2.22 bits per heavy atom. The van der Waals surface area contributed by atoms with E-state index in [-0.39, 0.29) is 35.8 Å². The zero-order chi connectivity index (χ0) is 34.2. The molecule has 3 fully saturated rings. The molecule has 2 heterocycles. The van der Waals surface area contributed by atoms with Crippen molar-refractivity contribution in [2.45, 2.75) is 38.0 Å². The van der Waals surface area contributed by atoms with Gasteiger partial charge in [0, 0.05) is 10.4 Å². The van der Waals surface area contributed by atoms with Crippen molar-refractivity contribution >= 4 is 50.9 Å². The third-order valence-corrected chi connectivity index (χ3v) is 11.6. The Bertz CT molecular complexity index is 2060. The summed E-state index contributed by atoms with van der Waals surface area (Å²) in [5, 5.41) is 11.7. The van der Waals surface area contributed by atoms with Gasteiger partial charge in [0.25, 0.3) is 11.8 Å². The van der Waals surface area contributed by atoms with Crippen LogP contribution in [0.3, 0.4) is 0 Å². The quantitative estimate of drug-likeness (QED) is 0.171. The number of phenols is 1. The number of nitrogens with one attached hydrogen (secondary N) is 1. The molecule has 8 rings (SSSR count). The van der Waals surface area contributed by atoms with Crippen LogP contribution in [0.25, 0.3) is 0 Å². The van der Waals surface area contributed by atoms with E-state index in [0.717, 1.165) is 26.2 Å². The summed E-state index contributed by atoms with van der Waals surface area (Å²) < 4.78 is 0.835. The van der Waals surface area contributed by atoms with E-state index in [1.54, 1.807) is 37.3 Å². The molecule has 0 bridgehead atoms. The van der Waals surface area contributed by atoms with Gasteiger partial charge >= 0.3 is 0 Å². The lowest BCUT2D eigenvalue weighted by Gasteiger charge is -2.50. The van der Waals surface area contributed by atoms with E-state index in [2.05, 4.69) is 21.4 Å². The van der Waals surface area contributed by atoms with Gasteiger partial charge in [-0.25, -0.2) is 0 Å². The maximum atomic E-state index is 15.2. The molecule has 4 aliphatic rings. The fraction of sp³-hybridized carbons (Fsp3) is 0.250.